The van der Waals surface area contributed by atoms with Crippen molar-refractivity contribution in [2.45, 2.75) is 32.1 Å². The minimum absolute atomic E-state index is 0.198. The van der Waals surface area contributed by atoms with Gasteiger partial charge in [-0.15, -0.1) is 0 Å². The Morgan fingerprint density at radius 2 is 1.67 bits per heavy atom. The van der Waals surface area contributed by atoms with Crippen molar-refractivity contribution in [3.63, 3.8) is 0 Å². The fraction of sp³-hybridized carbons (Fsp3) is 0.385. The van der Waals surface area contributed by atoms with Gasteiger partial charge in [0.2, 0.25) is 15.8 Å². The molecule has 2 aromatic carbocycles. The van der Waals surface area contributed by atoms with Crippen molar-refractivity contribution in [1.82, 2.24) is 14.4 Å². The number of furan rings is 1. The van der Waals surface area contributed by atoms with Crippen LogP contribution < -0.4 is 9.47 Å². The van der Waals surface area contributed by atoms with E-state index in [0.29, 0.717) is 64.5 Å². The lowest BCUT2D eigenvalue weighted by molar-refractivity contribution is 0.222. The molecule has 1 aliphatic heterocycles. The van der Waals surface area contributed by atoms with Crippen molar-refractivity contribution in [3.05, 3.63) is 42.0 Å². The average molecular weight is 512 g/mol. The maximum Gasteiger partial charge on any atom is 0.294 e. The first-order valence-corrected chi connectivity index (χ1v) is 13.2. The fourth-order valence-electron chi connectivity index (χ4n) is 4.89. The van der Waals surface area contributed by atoms with Gasteiger partial charge >= 0.3 is 0 Å². The second kappa shape index (κ2) is 9.25. The number of fused-ring (bicyclic) bond motifs is 1. The number of ether oxygens (including phenoxy) is 2. The summed E-state index contributed by atoms with van der Waals surface area (Å²) in [6.45, 7) is 7.09. The van der Waals surface area contributed by atoms with Gasteiger partial charge in [-0.3, -0.25) is 0 Å². The van der Waals surface area contributed by atoms with Crippen LogP contribution in [0, 0.1) is 18.8 Å². The third kappa shape index (κ3) is 4.35. The van der Waals surface area contributed by atoms with Gasteiger partial charge in [0.15, 0.2) is 5.76 Å². The Labute approximate surface area is 210 Å². The fourth-order valence-corrected chi connectivity index (χ4v) is 6.59. The minimum atomic E-state index is -3.62. The monoisotopic (exact) mass is 511 g/mol. The highest BCUT2D eigenvalue weighted by atomic mass is 32.2. The highest BCUT2D eigenvalue weighted by Gasteiger charge is 2.32. The van der Waals surface area contributed by atoms with Crippen molar-refractivity contribution >= 4 is 21.0 Å². The molecule has 2 atom stereocenters. The molecule has 1 saturated heterocycles. The summed E-state index contributed by atoms with van der Waals surface area (Å²) in [5.41, 5.74) is 1.93. The topological polar surface area (TPSA) is 108 Å². The first-order chi connectivity index (χ1) is 17.2. The lowest BCUT2D eigenvalue weighted by Gasteiger charge is -2.34. The number of hydrogen-bond donors (Lipinski definition) is 0. The first-order valence-electron chi connectivity index (χ1n) is 11.8. The lowest BCUT2D eigenvalue weighted by atomic mass is 9.94. The zero-order chi connectivity index (χ0) is 25.6. The number of aryl methyl sites for hydroxylation is 1. The molecule has 10 heteroatoms. The standard InChI is InChI=1S/C26H29N3O6S/c1-15-8-16(2)14-29(13-15)36(30,31)21-6-7-23-22(12-21)17(3)24(34-23)26-27-25(28-35-26)18-9-19(32-4)11-20(10-18)33-5/h6-7,9-12,15-16H,8,13-14H2,1-5H3/t15-,16+. The second-order valence-electron chi connectivity index (χ2n) is 9.51. The molecule has 1 aliphatic rings. The summed E-state index contributed by atoms with van der Waals surface area (Å²) in [6, 6.07) is 10.3. The molecule has 9 nitrogen and oxygen atoms in total. The average Bonchev–Trinajstić information content (AvgIpc) is 3.47. The largest absolute Gasteiger partial charge is 0.497 e. The van der Waals surface area contributed by atoms with Gasteiger partial charge in [-0.05, 0) is 55.5 Å². The van der Waals surface area contributed by atoms with Gasteiger partial charge in [0.25, 0.3) is 5.89 Å². The summed E-state index contributed by atoms with van der Waals surface area (Å²) in [5.74, 6) is 2.79. The quantitative estimate of drug-likeness (QED) is 0.350. The van der Waals surface area contributed by atoms with Crippen LogP contribution in [0.15, 0.2) is 50.2 Å². The smallest absolute Gasteiger partial charge is 0.294 e. The van der Waals surface area contributed by atoms with Crippen LogP contribution in [0.1, 0.15) is 25.8 Å². The maximum absolute atomic E-state index is 13.4. The van der Waals surface area contributed by atoms with Crippen LogP contribution in [0.2, 0.25) is 0 Å². The molecule has 2 aromatic heterocycles. The number of piperidine rings is 1. The summed E-state index contributed by atoms with van der Waals surface area (Å²) in [6.07, 6.45) is 1.03. The Bertz CT molecular complexity index is 1490. The third-order valence-electron chi connectivity index (χ3n) is 6.61. The summed E-state index contributed by atoms with van der Waals surface area (Å²) in [4.78, 5) is 4.76. The summed E-state index contributed by atoms with van der Waals surface area (Å²) in [5, 5.41) is 4.78. The van der Waals surface area contributed by atoms with Gasteiger partial charge in [-0.25, -0.2) is 8.42 Å². The molecule has 0 unspecified atom stereocenters. The number of hydrogen-bond acceptors (Lipinski definition) is 8. The molecule has 0 saturated carbocycles. The van der Waals surface area contributed by atoms with Crippen molar-refractivity contribution in [3.8, 4) is 34.5 Å². The van der Waals surface area contributed by atoms with Gasteiger partial charge in [-0.2, -0.15) is 9.29 Å². The van der Waals surface area contributed by atoms with Crippen LogP contribution in [0.25, 0.3) is 34.0 Å². The summed E-state index contributed by atoms with van der Waals surface area (Å²) >= 11 is 0. The molecule has 0 aliphatic carbocycles. The van der Waals surface area contributed by atoms with E-state index in [-0.39, 0.29) is 10.8 Å². The van der Waals surface area contributed by atoms with Gasteiger partial charge in [0, 0.05) is 35.7 Å². The summed E-state index contributed by atoms with van der Waals surface area (Å²) in [7, 11) is -0.483. The first kappa shape index (κ1) is 24.3. The van der Waals surface area contributed by atoms with E-state index in [2.05, 4.69) is 24.0 Å². The summed E-state index contributed by atoms with van der Waals surface area (Å²) < 4.78 is 50.6. The number of nitrogens with zero attached hydrogens (tertiary/aromatic N) is 3. The number of sulfonamides is 1. The number of methoxy groups -OCH3 is 2. The zero-order valence-electron chi connectivity index (χ0n) is 20.9. The zero-order valence-corrected chi connectivity index (χ0v) is 21.8. The van der Waals surface area contributed by atoms with Crippen LogP contribution >= 0.6 is 0 Å². The maximum atomic E-state index is 13.4. The molecule has 0 amide bonds. The Hall–Kier alpha value is -3.37. The van der Waals surface area contributed by atoms with Crippen LogP contribution in [-0.2, 0) is 10.0 Å². The Kier molecular flexibility index (Phi) is 6.25. The highest BCUT2D eigenvalue weighted by Crippen LogP contribution is 2.36. The molecule has 0 spiro atoms. The molecule has 190 valence electrons. The van der Waals surface area contributed by atoms with Crippen LogP contribution in [0.4, 0.5) is 0 Å². The molecule has 0 radical (unpaired) electrons. The molecule has 4 aromatic rings. The normalized spacial score (nSPS) is 19.0. The predicted molar refractivity (Wildman–Crippen MR) is 134 cm³/mol. The minimum Gasteiger partial charge on any atom is -0.497 e. The highest BCUT2D eigenvalue weighted by molar-refractivity contribution is 7.89. The van der Waals surface area contributed by atoms with E-state index in [1.165, 1.54) is 0 Å². The van der Waals surface area contributed by atoms with Gasteiger partial charge in [0.05, 0.1) is 19.1 Å². The predicted octanol–water partition coefficient (Wildman–Crippen LogP) is 5.14. The van der Waals surface area contributed by atoms with E-state index < -0.39 is 10.0 Å². The van der Waals surface area contributed by atoms with Gasteiger partial charge in [0.1, 0.15) is 17.1 Å². The van der Waals surface area contributed by atoms with Crippen LogP contribution in [0.3, 0.4) is 0 Å². The van der Waals surface area contributed by atoms with Gasteiger partial charge in [-0.1, -0.05) is 19.0 Å². The van der Waals surface area contributed by atoms with E-state index in [4.69, 9.17) is 18.4 Å². The van der Waals surface area contributed by atoms with E-state index >= 15 is 0 Å². The number of benzene rings is 2. The van der Waals surface area contributed by atoms with E-state index in [9.17, 15) is 8.42 Å². The van der Waals surface area contributed by atoms with Crippen LogP contribution in [0.5, 0.6) is 11.5 Å². The Morgan fingerprint density at radius 3 is 2.31 bits per heavy atom. The molecule has 0 N–H and O–H groups in total. The number of aromatic nitrogens is 2. The second-order valence-corrected chi connectivity index (χ2v) is 11.4. The molecule has 36 heavy (non-hydrogen) atoms. The van der Waals surface area contributed by atoms with E-state index in [1.807, 2.05) is 6.92 Å². The van der Waals surface area contributed by atoms with Crippen molar-refractivity contribution < 1.29 is 26.8 Å². The molecular formula is C26H29N3O6S. The van der Waals surface area contributed by atoms with Crippen LogP contribution in [-0.4, -0.2) is 50.2 Å². The molecule has 1 fully saturated rings. The van der Waals surface area contributed by atoms with Crippen molar-refractivity contribution in [2.24, 2.45) is 11.8 Å². The number of rotatable bonds is 6. The molecule has 3 heterocycles. The third-order valence-corrected chi connectivity index (χ3v) is 8.44. The molecular weight excluding hydrogens is 482 g/mol. The SMILES string of the molecule is COc1cc(OC)cc(-c2noc(-c3oc4ccc(S(=O)(=O)N5C[C@H](C)C[C@H](C)C5)cc4c3C)n2)c1. The van der Waals surface area contributed by atoms with E-state index in [1.54, 1.807) is 54.9 Å². The van der Waals surface area contributed by atoms with Crippen molar-refractivity contribution in [2.75, 3.05) is 27.3 Å². The lowest BCUT2D eigenvalue weighted by Crippen LogP contribution is -2.42. The Morgan fingerprint density at radius 1 is 1.00 bits per heavy atom. The van der Waals surface area contributed by atoms with E-state index in [0.717, 1.165) is 12.0 Å². The molecule has 0 bridgehead atoms. The molecule has 5 rings (SSSR count). The van der Waals surface area contributed by atoms with Gasteiger partial charge < -0.3 is 18.4 Å². The Balaban J connectivity index is 1.50. The van der Waals surface area contributed by atoms with Crippen molar-refractivity contribution in [1.29, 1.82) is 0 Å².